The minimum absolute atomic E-state index is 0.177. The van der Waals surface area contributed by atoms with Gasteiger partial charge in [0.25, 0.3) is 0 Å². The van der Waals surface area contributed by atoms with Crippen LogP contribution in [0.2, 0.25) is 0 Å². The molecule has 44 heavy (non-hydrogen) atoms. The maximum atomic E-state index is 13.7. The fourth-order valence-electron chi connectivity index (χ4n) is 12.3. The average molecular weight is 618 g/mol. The van der Waals surface area contributed by atoms with Crippen LogP contribution < -0.4 is 0 Å². The van der Waals surface area contributed by atoms with Crippen LogP contribution in [0, 0.1) is 34.5 Å². The van der Waals surface area contributed by atoms with Crippen molar-refractivity contribution >= 4 is 5.97 Å². The quantitative estimate of drug-likeness (QED) is 0.339. The number of piperidine rings is 1. The number of methoxy groups -OCH3 is 5. The first-order chi connectivity index (χ1) is 21.1. The Hall–Kier alpha value is -1.67. The molecule has 0 radical (unpaired) electrons. The molecule has 0 amide bonds. The number of hydrogen-bond acceptors (Lipinski definition) is 11. The fraction of sp³-hybridized carbons (Fsp3) is 0.788. The highest BCUT2D eigenvalue weighted by molar-refractivity contribution is 5.89. The van der Waals surface area contributed by atoms with E-state index in [4.69, 9.17) is 28.4 Å². The Bertz CT molecular complexity index is 1270. The first kappa shape index (κ1) is 31.0. The second-order valence-corrected chi connectivity index (χ2v) is 14.0. The molecule has 1 spiro atoms. The molecule has 0 aromatic heterocycles. The lowest BCUT2D eigenvalue weighted by Gasteiger charge is -2.70. The summed E-state index contributed by atoms with van der Waals surface area (Å²) in [7, 11) is 8.09. The van der Waals surface area contributed by atoms with Crippen molar-refractivity contribution in [1.29, 1.82) is 0 Å². The number of carbonyl (C=O) groups excluding carboxylic acids is 1. The molecule has 15 atom stereocenters. The summed E-state index contributed by atoms with van der Waals surface area (Å²) in [6, 6.07) is 8.55. The van der Waals surface area contributed by atoms with Gasteiger partial charge in [-0.25, -0.2) is 4.79 Å². The van der Waals surface area contributed by atoms with Crippen LogP contribution in [0.3, 0.4) is 0 Å². The summed E-state index contributed by atoms with van der Waals surface area (Å²) in [4.78, 5) is 16.1. The van der Waals surface area contributed by atoms with E-state index in [1.165, 1.54) is 7.11 Å². The number of esters is 1. The van der Waals surface area contributed by atoms with Crippen molar-refractivity contribution in [2.45, 2.75) is 73.6 Å². The Labute approximate surface area is 258 Å². The summed E-state index contributed by atoms with van der Waals surface area (Å²) in [5.74, 6) is -2.20. The molecule has 1 heterocycles. The number of carbonyl (C=O) groups is 1. The Morgan fingerprint density at radius 1 is 1.00 bits per heavy atom. The highest BCUT2D eigenvalue weighted by Gasteiger charge is 2.91. The van der Waals surface area contributed by atoms with Gasteiger partial charge in [-0.15, -0.1) is 0 Å². The summed E-state index contributed by atoms with van der Waals surface area (Å²) in [5.41, 5.74) is -4.01. The third kappa shape index (κ3) is 3.31. The largest absolute Gasteiger partial charge is 0.455 e. The van der Waals surface area contributed by atoms with Crippen molar-refractivity contribution in [3.05, 3.63) is 35.9 Å². The van der Waals surface area contributed by atoms with Gasteiger partial charge in [-0.1, -0.05) is 25.1 Å². The van der Waals surface area contributed by atoms with Gasteiger partial charge in [-0.3, -0.25) is 4.90 Å². The van der Waals surface area contributed by atoms with Crippen LogP contribution in [0.5, 0.6) is 0 Å². The minimum Gasteiger partial charge on any atom is -0.455 e. The molecule has 11 nitrogen and oxygen atoms in total. The Balaban J connectivity index is 1.50. The molecule has 244 valence electrons. The van der Waals surface area contributed by atoms with Crippen molar-refractivity contribution < 1.29 is 48.5 Å². The smallest absolute Gasteiger partial charge is 0.338 e. The van der Waals surface area contributed by atoms with Crippen LogP contribution in [-0.4, -0.2) is 135 Å². The third-order valence-corrected chi connectivity index (χ3v) is 13.2. The van der Waals surface area contributed by atoms with Crippen LogP contribution in [-0.2, 0) is 28.4 Å². The number of aliphatic hydroxyl groups excluding tert-OH is 2. The van der Waals surface area contributed by atoms with Crippen molar-refractivity contribution in [2.24, 2.45) is 34.5 Å². The number of aliphatic hydroxyl groups is 3. The lowest BCUT2D eigenvalue weighted by molar-refractivity contribution is -0.325. The summed E-state index contributed by atoms with van der Waals surface area (Å²) >= 11 is 0. The zero-order valence-electron chi connectivity index (χ0n) is 26.4. The van der Waals surface area contributed by atoms with Crippen LogP contribution in [0.4, 0.5) is 0 Å². The second kappa shape index (κ2) is 10.4. The minimum atomic E-state index is -1.71. The SMILES string of the molecule is CCN1C[C@]2(COC)[C@H](O)C[C@H](OC)[C@]34C1[C@H]([C@H](OC)[C@H]23)[C@]1(OC)[C@H]2[C@@H](OC(=O)c3ccccc3)[C@](O)(C[C@H]24)[C@@H](OC)[C@@H]1O. The Kier molecular flexibility index (Phi) is 7.33. The van der Waals surface area contributed by atoms with Gasteiger partial charge in [0.05, 0.1) is 30.5 Å². The van der Waals surface area contributed by atoms with E-state index in [0.717, 1.165) is 0 Å². The van der Waals surface area contributed by atoms with Gasteiger partial charge in [0, 0.05) is 83.1 Å². The number of benzene rings is 1. The first-order valence-corrected chi connectivity index (χ1v) is 15.8. The molecule has 1 aliphatic heterocycles. The zero-order valence-corrected chi connectivity index (χ0v) is 26.4. The van der Waals surface area contributed by atoms with Gasteiger partial charge in [0.15, 0.2) is 0 Å². The molecule has 1 aromatic carbocycles. The van der Waals surface area contributed by atoms with E-state index in [9.17, 15) is 20.1 Å². The molecular weight excluding hydrogens is 570 g/mol. The highest BCUT2D eigenvalue weighted by atomic mass is 16.6. The standard InChI is InChI=1S/C33H47NO10/c1-7-34-15-30(16-39-2)19(35)13-20(40-3)32-18-14-31(38)27(44-29(37)17-11-9-8-10-12-17)21(18)33(43-6,26(36)28(31)42-5)22(25(32)34)23(41-4)24(30)32/h8-12,18-28,35-36,38H,7,13-16H2,1-6H3/t18-,19-,20+,21-,22+,23+,24-,25?,26+,27-,28+,30+,31-,32+,33-/m1/s1. The predicted molar refractivity (Wildman–Crippen MR) is 156 cm³/mol. The predicted octanol–water partition coefficient (Wildman–Crippen LogP) is 0.731. The van der Waals surface area contributed by atoms with E-state index < -0.39 is 76.5 Å². The van der Waals surface area contributed by atoms with Crippen molar-refractivity contribution in [3.8, 4) is 0 Å². The summed E-state index contributed by atoms with van der Waals surface area (Å²) in [6.07, 6.45) is -4.42. The monoisotopic (exact) mass is 617 g/mol. The molecule has 6 aliphatic rings. The third-order valence-electron chi connectivity index (χ3n) is 13.2. The van der Waals surface area contributed by atoms with Gasteiger partial charge in [0.2, 0.25) is 0 Å². The van der Waals surface area contributed by atoms with Crippen LogP contribution in [0.1, 0.15) is 30.1 Å². The summed E-state index contributed by atoms with van der Waals surface area (Å²) in [6.45, 7) is 3.68. The van der Waals surface area contributed by atoms with Crippen molar-refractivity contribution in [3.63, 3.8) is 0 Å². The van der Waals surface area contributed by atoms with Gasteiger partial charge in [-0.2, -0.15) is 0 Å². The summed E-state index contributed by atoms with van der Waals surface area (Å²) < 4.78 is 37.7. The topological polar surface area (TPSA) is 136 Å². The molecule has 6 fully saturated rings. The first-order valence-electron chi connectivity index (χ1n) is 15.8. The molecule has 1 aromatic rings. The van der Waals surface area contributed by atoms with Gasteiger partial charge in [0.1, 0.15) is 29.5 Å². The van der Waals surface area contributed by atoms with Gasteiger partial charge in [-0.05, 0) is 31.0 Å². The Morgan fingerprint density at radius 3 is 2.32 bits per heavy atom. The number of fused-ring (bicyclic) bond motifs is 2. The van der Waals surface area contributed by atoms with E-state index in [1.54, 1.807) is 52.7 Å². The van der Waals surface area contributed by atoms with Crippen molar-refractivity contribution in [1.82, 2.24) is 4.90 Å². The number of likely N-dealkylation sites (tertiary alicyclic amines) is 1. The number of hydrogen-bond donors (Lipinski definition) is 3. The van der Waals surface area contributed by atoms with E-state index in [-0.39, 0.29) is 24.3 Å². The van der Waals surface area contributed by atoms with Crippen LogP contribution >= 0.6 is 0 Å². The molecule has 5 saturated carbocycles. The van der Waals surface area contributed by atoms with E-state index in [1.807, 2.05) is 6.07 Å². The lowest BCUT2D eigenvalue weighted by Crippen LogP contribution is -2.81. The van der Waals surface area contributed by atoms with Gasteiger partial charge >= 0.3 is 5.97 Å². The molecule has 11 heteroatoms. The normalized spacial score (nSPS) is 51.8. The molecule has 7 bridgehead atoms. The van der Waals surface area contributed by atoms with Crippen LogP contribution in [0.15, 0.2) is 30.3 Å². The fourth-order valence-corrected chi connectivity index (χ4v) is 12.3. The maximum Gasteiger partial charge on any atom is 0.338 e. The average Bonchev–Trinajstić information content (AvgIpc) is 3.40. The molecule has 1 saturated heterocycles. The second-order valence-electron chi connectivity index (χ2n) is 14.0. The lowest BCUT2D eigenvalue weighted by atomic mass is 9.42. The highest BCUT2D eigenvalue weighted by Crippen LogP contribution is 2.80. The molecule has 7 rings (SSSR count). The van der Waals surface area contributed by atoms with E-state index in [0.29, 0.717) is 31.7 Å². The van der Waals surface area contributed by atoms with Gasteiger partial charge < -0.3 is 43.7 Å². The molecule has 5 aliphatic carbocycles. The summed E-state index contributed by atoms with van der Waals surface area (Å²) in [5, 5.41) is 37.1. The Morgan fingerprint density at radius 2 is 1.73 bits per heavy atom. The zero-order chi connectivity index (χ0) is 31.4. The maximum absolute atomic E-state index is 13.7. The number of nitrogens with zero attached hydrogens (tertiary/aromatic N) is 1. The molecule has 1 unspecified atom stereocenters. The van der Waals surface area contributed by atoms with Crippen molar-refractivity contribution in [2.75, 3.05) is 55.2 Å². The molecule has 3 N–H and O–H groups in total. The van der Waals surface area contributed by atoms with E-state index >= 15 is 0 Å². The van der Waals surface area contributed by atoms with Crippen LogP contribution in [0.25, 0.3) is 0 Å². The number of ether oxygens (including phenoxy) is 6. The van der Waals surface area contributed by atoms with E-state index in [2.05, 4.69) is 11.8 Å². The number of rotatable bonds is 9. The molecular formula is C33H47NO10.